The second kappa shape index (κ2) is 6.62. The lowest BCUT2D eigenvalue weighted by Gasteiger charge is -2.04. The van der Waals surface area contributed by atoms with Crippen molar-refractivity contribution in [2.45, 2.75) is 19.4 Å². The van der Waals surface area contributed by atoms with Gasteiger partial charge in [0.05, 0.1) is 0 Å². The van der Waals surface area contributed by atoms with Crippen molar-refractivity contribution in [2.75, 3.05) is 0 Å². The van der Waals surface area contributed by atoms with Crippen LogP contribution >= 0.6 is 11.6 Å². The van der Waals surface area contributed by atoms with Gasteiger partial charge in [0, 0.05) is 23.7 Å². The molecule has 0 radical (unpaired) electrons. The Morgan fingerprint density at radius 2 is 2.00 bits per heavy atom. The average molecular weight is 315 g/mol. The molecule has 0 saturated heterocycles. The van der Waals surface area contributed by atoms with Crippen molar-refractivity contribution in [1.29, 1.82) is 0 Å². The van der Waals surface area contributed by atoms with Crippen LogP contribution < -0.4 is 4.74 Å². The zero-order valence-electron chi connectivity index (χ0n) is 12.1. The molecular formula is C17H15ClN2O2. The highest BCUT2D eigenvalue weighted by molar-refractivity contribution is 6.17. The van der Waals surface area contributed by atoms with E-state index in [-0.39, 0.29) is 0 Å². The molecule has 0 aliphatic heterocycles. The Kier molecular flexibility index (Phi) is 4.39. The molecule has 0 spiro atoms. The lowest BCUT2D eigenvalue weighted by molar-refractivity contribution is 0.287. The zero-order chi connectivity index (χ0) is 15.4. The quantitative estimate of drug-likeness (QED) is 0.656. The molecule has 0 aliphatic carbocycles. The molecule has 2 heterocycles. The van der Waals surface area contributed by atoms with Crippen LogP contribution in [-0.4, -0.2) is 9.97 Å². The minimum absolute atomic E-state index is 0.306. The van der Waals surface area contributed by atoms with Crippen molar-refractivity contribution in [3.8, 4) is 17.3 Å². The van der Waals surface area contributed by atoms with Crippen molar-refractivity contribution in [1.82, 2.24) is 9.97 Å². The van der Waals surface area contributed by atoms with Gasteiger partial charge in [0.15, 0.2) is 0 Å². The van der Waals surface area contributed by atoms with Gasteiger partial charge in [0.2, 0.25) is 11.8 Å². The van der Waals surface area contributed by atoms with Crippen LogP contribution in [0.1, 0.15) is 17.0 Å². The maximum Gasteiger partial charge on any atom is 0.226 e. The summed E-state index contributed by atoms with van der Waals surface area (Å²) in [6.07, 6.45) is 1.68. The summed E-state index contributed by atoms with van der Waals surface area (Å²) in [5, 5.41) is 0. The molecule has 0 unspecified atom stereocenters. The highest BCUT2D eigenvalue weighted by Gasteiger charge is 2.12. The van der Waals surface area contributed by atoms with Crippen LogP contribution in [0.15, 0.2) is 53.1 Å². The van der Waals surface area contributed by atoms with E-state index < -0.39 is 0 Å². The Bertz CT molecular complexity index is 756. The molecule has 5 heteroatoms. The van der Waals surface area contributed by atoms with Gasteiger partial charge in [0.1, 0.15) is 18.1 Å². The second-order valence-electron chi connectivity index (χ2n) is 4.81. The van der Waals surface area contributed by atoms with Gasteiger partial charge < -0.3 is 9.15 Å². The third-order valence-corrected chi connectivity index (χ3v) is 3.53. The minimum atomic E-state index is 0.306. The van der Waals surface area contributed by atoms with E-state index >= 15 is 0 Å². The molecule has 3 aromatic rings. The number of hydrogen-bond donors (Lipinski definition) is 0. The van der Waals surface area contributed by atoms with E-state index in [0.717, 1.165) is 22.6 Å². The zero-order valence-corrected chi connectivity index (χ0v) is 12.9. The highest BCUT2D eigenvalue weighted by Crippen LogP contribution is 2.22. The van der Waals surface area contributed by atoms with E-state index in [4.69, 9.17) is 20.8 Å². The molecule has 0 saturated carbocycles. The summed E-state index contributed by atoms with van der Waals surface area (Å²) in [4.78, 5) is 8.65. The van der Waals surface area contributed by atoms with Crippen LogP contribution in [0.2, 0.25) is 0 Å². The fourth-order valence-electron chi connectivity index (χ4n) is 2.02. The first-order chi connectivity index (χ1) is 10.8. The third-order valence-electron chi connectivity index (χ3n) is 3.22. The van der Waals surface area contributed by atoms with Crippen LogP contribution in [0.4, 0.5) is 0 Å². The molecule has 0 N–H and O–H groups in total. The lowest BCUT2D eigenvalue weighted by atomic mass is 10.2. The van der Waals surface area contributed by atoms with E-state index in [1.165, 1.54) is 0 Å². The number of benzene rings is 1. The van der Waals surface area contributed by atoms with Crippen LogP contribution in [0, 0.1) is 6.92 Å². The molecular weight excluding hydrogens is 300 g/mol. The number of ether oxygens (including phenoxy) is 1. The van der Waals surface area contributed by atoms with Crippen molar-refractivity contribution >= 4 is 11.6 Å². The summed E-state index contributed by atoms with van der Waals surface area (Å²) in [5.41, 5.74) is 2.67. The Morgan fingerprint density at radius 3 is 2.77 bits per heavy atom. The lowest BCUT2D eigenvalue weighted by Crippen LogP contribution is -1.99. The van der Waals surface area contributed by atoms with E-state index in [0.29, 0.717) is 24.3 Å². The van der Waals surface area contributed by atoms with Crippen molar-refractivity contribution in [3.63, 3.8) is 0 Å². The molecule has 2 aromatic heterocycles. The van der Waals surface area contributed by atoms with Gasteiger partial charge in [-0.15, -0.1) is 11.6 Å². The summed E-state index contributed by atoms with van der Waals surface area (Å²) in [7, 11) is 0. The average Bonchev–Trinajstić information content (AvgIpc) is 2.95. The maximum absolute atomic E-state index is 5.80. The number of oxazole rings is 1. The number of rotatable bonds is 5. The number of halogens is 1. The number of aromatic nitrogens is 2. The molecule has 1 aromatic carbocycles. The number of alkyl halides is 1. The van der Waals surface area contributed by atoms with Crippen LogP contribution in [0.5, 0.6) is 5.88 Å². The molecule has 0 fully saturated rings. The van der Waals surface area contributed by atoms with E-state index in [9.17, 15) is 0 Å². The summed E-state index contributed by atoms with van der Waals surface area (Å²) >= 11 is 5.80. The smallest absolute Gasteiger partial charge is 0.226 e. The molecule has 0 aliphatic rings. The molecule has 112 valence electrons. The van der Waals surface area contributed by atoms with Gasteiger partial charge in [-0.2, -0.15) is 0 Å². The number of nitrogens with zero attached hydrogens (tertiary/aromatic N) is 2. The van der Waals surface area contributed by atoms with Crippen LogP contribution in [0.25, 0.3) is 11.5 Å². The largest absolute Gasteiger partial charge is 0.471 e. The first-order valence-corrected chi connectivity index (χ1v) is 7.45. The molecule has 4 nitrogen and oxygen atoms in total. The topological polar surface area (TPSA) is 48.2 Å². The fraction of sp³-hybridized carbons (Fsp3) is 0.176. The Hall–Kier alpha value is -2.33. The maximum atomic E-state index is 5.80. The Morgan fingerprint density at radius 1 is 1.18 bits per heavy atom. The molecule has 0 amide bonds. The fourth-order valence-corrected chi connectivity index (χ4v) is 2.19. The Balaban J connectivity index is 1.74. The van der Waals surface area contributed by atoms with Crippen LogP contribution in [-0.2, 0) is 12.5 Å². The summed E-state index contributed by atoms with van der Waals surface area (Å²) in [5.74, 6) is 2.30. The second-order valence-corrected chi connectivity index (χ2v) is 5.08. The first kappa shape index (κ1) is 14.6. The molecule has 0 atom stereocenters. The monoisotopic (exact) mass is 314 g/mol. The molecule has 3 rings (SSSR count). The van der Waals surface area contributed by atoms with Gasteiger partial charge in [-0.3, -0.25) is 0 Å². The SMILES string of the molecule is Cc1oc(-c2ccccc2)nc1COc1cc(CCl)ccn1. The van der Waals surface area contributed by atoms with Crippen molar-refractivity contribution in [2.24, 2.45) is 0 Å². The summed E-state index contributed by atoms with van der Waals surface area (Å²) < 4.78 is 11.4. The van der Waals surface area contributed by atoms with E-state index in [2.05, 4.69) is 9.97 Å². The first-order valence-electron chi connectivity index (χ1n) is 6.91. The normalized spacial score (nSPS) is 10.6. The molecule has 0 bridgehead atoms. The predicted molar refractivity (Wildman–Crippen MR) is 84.8 cm³/mol. The predicted octanol–water partition coefficient (Wildman–Crippen LogP) is 4.36. The summed E-state index contributed by atoms with van der Waals surface area (Å²) in [6, 6.07) is 13.5. The number of aryl methyl sites for hydroxylation is 1. The Labute approximate surface area is 133 Å². The van der Waals surface area contributed by atoms with Crippen molar-refractivity contribution in [3.05, 3.63) is 65.7 Å². The summed E-state index contributed by atoms with van der Waals surface area (Å²) in [6.45, 7) is 2.18. The van der Waals surface area contributed by atoms with Gasteiger partial charge in [-0.05, 0) is 30.7 Å². The van der Waals surface area contributed by atoms with E-state index in [1.807, 2.05) is 49.4 Å². The third kappa shape index (κ3) is 3.28. The van der Waals surface area contributed by atoms with Gasteiger partial charge in [-0.1, -0.05) is 18.2 Å². The van der Waals surface area contributed by atoms with Crippen molar-refractivity contribution < 1.29 is 9.15 Å². The van der Waals surface area contributed by atoms with Crippen LogP contribution in [0.3, 0.4) is 0 Å². The minimum Gasteiger partial charge on any atom is -0.471 e. The number of pyridine rings is 1. The number of hydrogen-bond acceptors (Lipinski definition) is 4. The van der Waals surface area contributed by atoms with Gasteiger partial charge >= 0.3 is 0 Å². The highest BCUT2D eigenvalue weighted by atomic mass is 35.5. The van der Waals surface area contributed by atoms with Gasteiger partial charge in [0.25, 0.3) is 0 Å². The van der Waals surface area contributed by atoms with E-state index in [1.54, 1.807) is 6.20 Å². The van der Waals surface area contributed by atoms with Gasteiger partial charge in [-0.25, -0.2) is 9.97 Å². The molecule has 22 heavy (non-hydrogen) atoms. The standard InChI is InChI=1S/C17H15ClN2O2/c1-12-15(11-21-16-9-13(10-18)7-8-19-16)20-17(22-12)14-5-3-2-4-6-14/h2-9H,10-11H2,1H3.